The number of aromatic nitrogens is 2. The Kier molecular flexibility index (Phi) is 8.06. The molecule has 0 spiro atoms. The smallest absolute Gasteiger partial charge is 0.329 e. The van der Waals surface area contributed by atoms with Crippen molar-refractivity contribution < 1.29 is 13.9 Å². The zero-order valence-corrected chi connectivity index (χ0v) is 15.7. The molecule has 0 saturated carbocycles. The largest absolute Gasteiger partial charge is 0.505 e. The van der Waals surface area contributed by atoms with Gasteiger partial charge in [-0.15, -0.1) is 0 Å². The number of aromatic hydroxyl groups is 1. The van der Waals surface area contributed by atoms with Crippen LogP contribution >= 0.6 is 0 Å². The molecule has 0 fully saturated rings. The van der Waals surface area contributed by atoms with Crippen molar-refractivity contribution in [2.45, 2.75) is 26.7 Å². The van der Waals surface area contributed by atoms with Crippen molar-refractivity contribution in [3.63, 3.8) is 0 Å². The van der Waals surface area contributed by atoms with Gasteiger partial charge in [0.15, 0.2) is 17.4 Å². The number of hydrogen-bond donors (Lipinski definition) is 4. The van der Waals surface area contributed by atoms with Gasteiger partial charge >= 0.3 is 5.92 Å². The van der Waals surface area contributed by atoms with Crippen LogP contribution in [0.3, 0.4) is 0 Å². The number of halogens is 2. The van der Waals surface area contributed by atoms with Gasteiger partial charge in [0.05, 0.1) is 12.4 Å². The fourth-order valence-electron chi connectivity index (χ4n) is 1.91. The van der Waals surface area contributed by atoms with Gasteiger partial charge in [0.1, 0.15) is 5.84 Å². The van der Waals surface area contributed by atoms with E-state index in [0.717, 1.165) is 24.5 Å². The number of rotatable bonds is 5. The van der Waals surface area contributed by atoms with Gasteiger partial charge in [-0.2, -0.15) is 8.78 Å². The van der Waals surface area contributed by atoms with E-state index in [-0.39, 0.29) is 17.3 Å². The maximum absolute atomic E-state index is 14.6. The molecule has 0 unspecified atom stereocenters. The molecule has 1 heterocycles. The minimum absolute atomic E-state index is 0.140. The summed E-state index contributed by atoms with van der Waals surface area (Å²) in [7, 11) is 0. The van der Waals surface area contributed by atoms with E-state index in [9.17, 15) is 13.9 Å². The monoisotopic (exact) mass is 388 g/mol. The van der Waals surface area contributed by atoms with Gasteiger partial charge in [0.25, 0.3) is 0 Å². The van der Waals surface area contributed by atoms with Crippen molar-refractivity contribution >= 4 is 17.4 Å². The summed E-state index contributed by atoms with van der Waals surface area (Å²) < 4.78 is 29.1. The number of hydrogen-bond acceptors (Lipinski definition) is 5. The zero-order chi connectivity index (χ0) is 21.3. The Morgan fingerprint density at radius 3 is 2.36 bits per heavy atom. The molecule has 2 aromatic rings. The van der Waals surface area contributed by atoms with E-state index in [4.69, 9.17) is 16.6 Å². The summed E-state index contributed by atoms with van der Waals surface area (Å²) in [5.74, 6) is -5.14. The Bertz CT molecular complexity index is 892. The second-order valence-corrected chi connectivity index (χ2v) is 5.32. The highest BCUT2D eigenvalue weighted by Gasteiger charge is 2.37. The number of aliphatic imine (C=N–C) groups is 1. The fraction of sp³-hybridized carbons (Fsp3) is 0.211. The summed E-state index contributed by atoms with van der Waals surface area (Å²) in [4.78, 5) is 11.1. The van der Waals surface area contributed by atoms with Gasteiger partial charge in [-0.3, -0.25) is 5.41 Å². The molecule has 7 nitrogen and oxygen atoms in total. The Balaban J connectivity index is 0.00000190. The molecule has 148 valence electrons. The van der Waals surface area contributed by atoms with E-state index < -0.39 is 23.2 Å². The minimum Gasteiger partial charge on any atom is -0.505 e. The number of nitrogens with one attached hydrogen (secondary N) is 2. The molecule has 0 saturated heterocycles. The van der Waals surface area contributed by atoms with Crippen LogP contribution in [0, 0.1) is 10.8 Å². The Labute approximate surface area is 161 Å². The molecule has 1 aromatic carbocycles. The third kappa shape index (κ3) is 6.04. The third-order valence-electron chi connectivity index (χ3n) is 3.18. The second kappa shape index (κ2) is 10.0. The molecule has 28 heavy (non-hydrogen) atoms. The van der Waals surface area contributed by atoms with E-state index >= 15 is 0 Å². The van der Waals surface area contributed by atoms with E-state index in [1.807, 2.05) is 13.8 Å². The standard InChI is InChI=1S/C17H16F2N6O.C2H6/c1-10(20)5-6-14(21)25-16(22)17(18,19)12-4-2-3-11(7-12)15-23-8-13(26)9-24-15;1-2/h2-9,20,26H,1H3,(H3,21,22,25);1-2H3/b6-5-,20-10?;. The molecule has 2 rings (SSSR count). The van der Waals surface area contributed by atoms with Crippen molar-refractivity contribution in [3.05, 3.63) is 54.4 Å². The quantitative estimate of drug-likeness (QED) is 0.457. The Hall–Kier alpha value is -3.49. The van der Waals surface area contributed by atoms with Gasteiger partial charge < -0.3 is 16.2 Å². The fourth-order valence-corrected chi connectivity index (χ4v) is 1.91. The van der Waals surface area contributed by atoms with Gasteiger partial charge in [-0.25, -0.2) is 15.0 Å². The van der Waals surface area contributed by atoms with Crippen LogP contribution < -0.4 is 5.73 Å². The van der Waals surface area contributed by atoms with E-state index in [1.54, 1.807) is 0 Å². The number of nitrogens with two attached hydrogens (primary N) is 1. The van der Waals surface area contributed by atoms with Crippen LogP contribution in [0.25, 0.3) is 11.4 Å². The lowest BCUT2D eigenvalue weighted by molar-refractivity contribution is 0.0746. The van der Waals surface area contributed by atoms with E-state index in [0.29, 0.717) is 5.56 Å². The Morgan fingerprint density at radius 1 is 1.18 bits per heavy atom. The van der Waals surface area contributed by atoms with Crippen molar-refractivity contribution in [2.24, 2.45) is 10.7 Å². The predicted molar refractivity (Wildman–Crippen MR) is 106 cm³/mol. The van der Waals surface area contributed by atoms with Crippen LogP contribution in [0.4, 0.5) is 8.78 Å². The number of nitrogens with zero attached hydrogens (tertiary/aromatic N) is 3. The lowest BCUT2D eigenvalue weighted by atomic mass is 10.0. The second-order valence-electron chi connectivity index (χ2n) is 5.32. The van der Waals surface area contributed by atoms with E-state index in [2.05, 4.69) is 15.0 Å². The number of alkyl halides is 2. The lowest BCUT2D eigenvalue weighted by Gasteiger charge is -2.16. The molecule has 9 heteroatoms. The summed E-state index contributed by atoms with van der Waals surface area (Å²) in [5.41, 5.74) is 5.43. The first kappa shape index (κ1) is 22.6. The molecule has 1 aromatic heterocycles. The molecule has 0 aliphatic heterocycles. The molecule has 0 bridgehead atoms. The van der Waals surface area contributed by atoms with Crippen LogP contribution in [0.2, 0.25) is 0 Å². The maximum atomic E-state index is 14.6. The highest BCUT2D eigenvalue weighted by atomic mass is 19.3. The van der Waals surface area contributed by atoms with Gasteiger partial charge in [-0.1, -0.05) is 32.0 Å². The number of allylic oxidation sites excluding steroid dienone is 1. The van der Waals surface area contributed by atoms with Gasteiger partial charge in [0.2, 0.25) is 0 Å². The van der Waals surface area contributed by atoms with Gasteiger partial charge in [0, 0.05) is 16.8 Å². The summed E-state index contributed by atoms with van der Waals surface area (Å²) in [6.07, 6.45) is 4.66. The first-order valence-corrected chi connectivity index (χ1v) is 8.36. The van der Waals surface area contributed by atoms with Crippen LogP contribution in [-0.2, 0) is 5.92 Å². The molecule has 0 amide bonds. The highest BCUT2D eigenvalue weighted by Crippen LogP contribution is 2.30. The van der Waals surface area contributed by atoms with Crippen molar-refractivity contribution in [2.75, 3.05) is 0 Å². The average molecular weight is 388 g/mol. The molecule has 5 N–H and O–H groups in total. The normalized spacial score (nSPS) is 11.7. The molecular formula is C19H22F2N6O. The topological polar surface area (TPSA) is 132 Å². The molecular weight excluding hydrogens is 366 g/mol. The molecule has 0 aliphatic rings. The van der Waals surface area contributed by atoms with Gasteiger partial charge in [-0.05, 0) is 25.1 Å². The maximum Gasteiger partial charge on any atom is 0.329 e. The predicted octanol–water partition coefficient (Wildman–Crippen LogP) is 3.90. The Morgan fingerprint density at radius 2 is 1.79 bits per heavy atom. The highest BCUT2D eigenvalue weighted by molar-refractivity contribution is 6.05. The lowest BCUT2D eigenvalue weighted by Crippen LogP contribution is -2.34. The zero-order valence-electron chi connectivity index (χ0n) is 15.7. The summed E-state index contributed by atoms with van der Waals surface area (Å²) >= 11 is 0. The van der Waals surface area contributed by atoms with Crippen LogP contribution in [-0.4, -0.2) is 32.5 Å². The minimum atomic E-state index is -3.62. The SMILES string of the molecule is CC.CC(=N)/C=C\C(=N)N=C(N)C(F)(F)c1cccc(-c2ncc(O)cn2)c1. The first-order valence-electron chi connectivity index (χ1n) is 8.36. The third-order valence-corrected chi connectivity index (χ3v) is 3.18. The summed E-state index contributed by atoms with van der Waals surface area (Å²) in [5, 5.41) is 23.9. The van der Waals surface area contributed by atoms with Crippen LogP contribution in [0.5, 0.6) is 5.75 Å². The average Bonchev–Trinajstić information content (AvgIpc) is 2.68. The molecule has 0 atom stereocenters. The van der Waals surface area contributed by atoms with Crippen molar-refractivity contribution in [3.8, 4) is 17.1 Å². The molecule has 0 aliphatic carbocycles. The number of amidine groups is 2. The summed E-state index contributed by atoms with van der Waals surface area (Å²) in [6, 6.07) is 5.27. The van der Waals surface area contributed by atoms with Crippen LogP contribution in [0.15, 0.2) is 53.8 Å². The van der Waals surface area contributed by atoms with Crippen LogP contribution in [0.1, 0.15) is 26.3 Å². The summed E-state index contributed by atoms with van der Waals surface area (Å²) in [6.45, 7) is 5.47. The number of benzene rings is 1. The van der Waals surface area contributed by atoms with Crippen molar-refractivity contribution in [1.29, 1.82) is 10.8 Å². The van der Waals surface area contributed by atoms with E-state index in [1.165, 1.54) is 31.2 Å². The molecule has 0 radical (unpaired) electrons. The first-order chi connectivity index (χ1) is 13.2. The van der Waals surface area contributed by atoms with Crippen molar-refractivity contribution in [1.82, 2.24) is 9.97 Å².